The highest BCUT2D eigenvalue weighted by Crippen LogP contribution is 2.29. The van der Waals surface area contributed by atoms with Gasteiger partial charge in [0.2, 0.25) is 0 Å². The van der Waals surface area contributed by atoms with Crippen LogP contribution in [0, 0.1) is 6.92 Å². The van der Waals surface area contributed by atoms with Gasteiger partial charge >= 0.3 is 5.97 Å². The Kier molecular flexibility index (Phi) is 7.04. The number of anilines is 1. The average molecular weight is 466 g/mol. The van der Waals surface area contributed by atoms with Crippen molar-refractivity contribution in [2.24, 2.45) is 0 Å². The number of rotatable bonds is 6. The van der Waals surface area contributed by atoms with Crippen molar-refractivity contribution >= 4 is 34.5 Å². The van der Waals surface area contributed by atoms with E-state index in [2.05, 4.69) is 20.5 Å². The summed E-state index contributed by atoms with van der Waals surface area (Å²) < 4.78 is 6.39. The summed E-state index contributed by atoms with van der Waals surface area (Å²) in [4.78, 5) is 41.9. The third-order valence-corrected chi connectivity index (χ3v) is 5.31. The number of amides is 2. The Labute approximate surface area is 198 Å². The first kappa shape index (κ1) is 24.9. The third kappa shape index (κ3) is 5.24. The van der Waals surface area contributed by atoms with Crippen LogP contribution in [0.3, 0.4) is 0 Å². The zero-order chi connectivity index (χ0) is 25.2. The number of hydrogen-bond acceptors (Lipinski definition) is 6. The molecule has 0 aliphatic heterocycles. The lowest BCUT2D eigenvalue weighted by Crippen LogP contribution is -2.30. The number of aryl methyl sites for hydroxylation is 1. The number of nitrogens with one attached hydrogen (secondary N) is 2. The molecule has 2 heterocycles. The summed E-state index contributed by atoms with van der Waals surface area (Å²) in [6.07, 6.45) is 0. The predicted octanol–water partition coefficient (Wildman–Crippen LogP) is 3.77. The molecule has 180 valence electrons. The molecule has 0 radical (unpaired) electrons. The minimum Gasteiger partial charge on any atom is -0.468 e. The highest BCUT2D eigenvalue weighted by Gasteiger charge is 2.25. The van der Waals surface area contributed by atoms with Crippen LogP contribution >= 0.6 is 0 Å². The summed E-state index contributed by atoms with van der Waals surface area (Å²) in [5.41, 5.74) is 3.09. The Balaban J connectivity index is 1.97. The molecule has 2 amide bonds. The Hall–Kier alpha value is -3.75. The second kappa shape index (κ2) is 9.62. The molecule has 0 saturated carbocycles. The quantitative estimate of drug-likeness (QED) is 0.536. The monoisotopic (exact) mass is 465 g/mol. The van der Waals surface area contributed by atoms with Crippen LogP contribution in [0.25, 0.3) is 11.0 Å². The molecular weight excluding hydrogens is 434 g/mol. The highest BCUT2D eigenvalue weighted by atomic mass is 16.5. The molecule has 0 bridgehead atoms. The van der Waals surface area contributed by atoms with Gasteiger partial charge in [0, 0.05) is 16.9 Å². The highest BCUT2D eigenvalue weighted by molar-refractivity contribution is 6.13. The van der Waals surface area contributed by atoms with Gasteiger partial charge in [0.05, 0.1) is 29.3 Å². The lowest BCUT2D eigenvalue weighted by molar-refractivity contribution is -0.139. The van der Waals surface area contributed by atoms with E-state index in [1.54, 1.807) is 30.3 Å². The number of aromatic nitrogens is 3. The van der Waals surface area contributed by atoms with E-state index < -0.39 is 11.9 Å². The Morgan fingerprint density at radius 1 is 1.12 bits per heavy atom. The van der Waals surface area contributed by atoms with Crippen molar-refractivity contribution in [2.75, 3.05) is 19.0 Å². The number of pyridine rings is 1. The lowest BCUT2D eigenvalue weighted by Gasteiger charge is -2.20. The van der Waals surface area contributed by atoms with Crippen molar-refractivity contribution in [2.45, 2.75) is 53.0 Å². The first-order valence-corrected chi connectivity index (χ1v) is 11.1. The molecule has 0 aliphatic rings. The maximum absolute atomic E-state index is 13.4. The Morgan fingerprint density at radius 3 is 2.44 bits per heavy atom. The zero-order valence-corrected chi connectivity index (χ0v) is 20.6. The fraction of sp³-hybridized carbons (Fsp3) is 0.400. The molecule has 2 N–H and O–H groups in total. The second-order valence-electron chi connectivity index (χ2n) is 9.41. The third-order valence-electron chi connectivity index (χ3n) is 5.31. The summed E-state index contributed by atoms with van der Waals surface area (Å²) in [6, 6.07) is 8.31. The summed E-state index contributed by atoms with van der Waals surface area (Å²) >= 11 is 0. The van der Waals surface area contributed by atoms with Crippen LogP contribution in [0.4, 0.5) is 5.69 Å². The van der Waals surface area contributed by atoms with E-state index >= 15 is 0 Å². The summed E-state index contributed by atoms with van der Waals surface area (Å²) in [5.74, 6) is -1.21. The Bertz CT molecular complexity index is 1250. The van der Waals surface area contributed by atoms with E-state index in [4.69, 9.17) is 4.98 Å². The minimum atomic E-state index is -0.549. The maximum Gasteiger partial charge on any atom is 0.325 e. The molecule has 0 fully saturated rings. The minimum absolute atomic E-state index is 0.112. The van der Waals surface area contributed by atoms with Crippen LogP contribution in [0.1, 0.15) is 72.6 Å². The molecule has 0 saturated heterocycles. The molecule has 9 heteroatoms. The smallest absolute Gasteiger partial charge is 0.325 e. The van der Waals surface area contributed by atoms with Crippen molar-refractivity contribution in [1.82, 2.24) is 20.1 Å². The molecular formula is C25H31N5O4. The number of nitrogens with zero attached hydrogens (tertiary/aromatic N) is 3. The number of benzene rings is 1. The van der Waals surface area contributed by atoms with Gasteiger partial charge in [-0.2, -0.15) is 5.10 Å². The lowest BCUT2D eigenvalue weighted by atomic mass is 10.0. The van der Waals surface area contributed by atoms with Crippen LogP contribution in [0.15, 0.2) is 30.3 Å². The molecule has 0 spiro atoms. The standard InChI is InChI=1S/C25H31N5O4/c1-14(2)19-12-18(21-15(3)29-30(22(21)28-19)25(4,5)6)24(33)27-17-10-8-9-16(11-17)23(32)26-13-20(31)34-7/h8-12,14H,13H2,1-7H3,(H,26,32)(H,27,33). The summed E-state index contributed by atoms with van der Waals surface area (Å²) in [7, 11) is 1.25. The Morgan fingerprint density at radius 2 is 1.82 bits per heavy atom. The number of ether oxygens (including phenoxy) is 1. The van der Waals surface area contributed by atoms with Crippen LogP contribution in [0.2, 0.25) is 0 Å². The normalized spacial score (nSPS) is 11.5. The van der Waals surface area contributed by atoms with E-state index in [1.165, 1.54) is 7.11 Å². The number of methoxy groups -OCH3 is 1. The van der Waals surface area contributed by atoms with Gasteiger partial charge in [-0.1, -0.05) is 19.9 Å². The topological polar surface area (TPSA) is 115 Å². The maximum atomic E-state index is 13.4. The number of carbonyl (C=O) groups is 3. The molecule has 9 nitrogen and oxygen atoms in total. The van der Waals surface area contributed by atoms with Crippen LogP contribution in [-0.2, 0) is 15.1 Å². The average Bonchev–Trinajstić information content (AvgIpc) is 3.13. The van der Waals surface area contributed by atoms with Crippen LogP contribution in [0.5, 0.6) is 0 Å². The van der Waals surface area contributed by atoms with Gasteiger partial charge in [-0.05, 0) is 57.9 Å². The largest absolute Gasteiger partial charge is 0.468 e. The van der Waals surface area contributed by atoms with Gasteiger partial charge in [-0.25, -0.2) is 9.67 Å². The SMILES string of the molecule is COC(=O)CNC(=O)c1cccc(NC(=O)c2cc(C(C)C)nc3c2c(C)nn3C(C)(C)C)c1. The molecule has 2 aromatic heterocycles. The molecule has 1 aromatic carbocycles. The van der Waals surface area contributed by atoms with Gasteiger partial charge in [0.25, 0.3) is 11.8 Å². The number of carbonyl (C=O) groups excluding carboxylic acids is 3. The van der Waals surface area contributed by atoms with E-state index in [1.807, 2.05) is 46.2 Å². The summed E-state index contributed by atoms with van der Waals surface area (Å²) in [5, 5.41) is 10.7. The van der Waals surface area contributed by atoms with Gasteiger partial charge < -0.3 is 15.4 Å². The van der Waals surface area contributed by atoms with Gasteiger partial charge in [-0.3, -0.25) is 14.4 Å². The fourth-order valence-corrected chi connectivity index (χ4v) is 3.51. The molecule has 0 atom stereocenters. The van der Waals surface area contributed by atoms with Crippen molar-refractivity contribution < 1.29 is 19.1 Å². The van der Waals surface area contributed by atoms with E-state index in [9.17, 15) is 14.4 Å². The van der Waals surface area contributed by atoms with E-state index in [0.29, 0.717) is 33.5 Å². The van der Waals surface area contributed by atoms with E-state index in [0.717, 1.165) is 5.69 Å². The van der Waals surface area contributed by atoms with Gasteiger partial charge in [-0.15, -0.1) is 0 Å². The van der Waals surface area contributed by atoms with Crippen LogP contribution in [-0.4, -0.2) is 46.2 Å². The molecule has 34 heavy (non-hydrogen) atoms. The van der Waals surface area contributed by atoms with Crippen molar-refractivity contribution in [3.05, 3.63) is 52.8 Å². The van der Waals surface area contributed by atoms with Crippen LogP contribution < -0.4 is 10.6 Å². The second-order valence-corrected chi connectivity index (χ2v) is 9.41. The molecule has 3 aromatic rings. The number of hydrogen-bond donors (Lipinski definition) is 2. The molecule has 3 rings (SSSR count). The van der Waals surface area contributed by atoms with Gasteiger partial charge in [0.15, 0.2) is 5.65 Å². The zero-order valence-electron chi connectivity index (χ0n) is 20.6. The van der Waals surface area contributed by atoms with E-state index in [-0.39, 0.29) is 23.9 Å². The fourth-order valence-electron chi connectivity index (χ4n) is 3.51. The molecule has 0 unspecified atom stereocenters. The van der Waals surface area contributed by atoms with Crippen molar-refractivity contribution in [3.8, 4) is 0 Å². The number of fused-ring (bicyclic) bond motifs is 1. The van der Waals surface area contributed by atoms with Crippen molar-refractivity contribution in [1.29, 1.82) is 0 Å². The van der Waals surface area contributed by atoms with Crippen molar-refractivity contribution in [3.63, 3.8) is 0 Å². The van der Waals surface area contributed by atoms with Gasteiger partial charge in [0.1, 0.15) is 6.54 Å². The predicted molar refractivity (Wildman–Crippen MR) is 130 cm³/mol. The first-order chi connectivity index (χ1) is 15.9. The first-order valence-electron chi connectivity index (χ1n) is 11.1. The summed E-state index contributed by atoms with van der Waals surface area (Å²) in [6.45, 7) is 11.8. The molecule has 0 aliphatic carbocycles. The number of esters is 1.